The molecule has 0 radical (unpaired) electrons. The average Bonchev–Trinajstić information content (AvgIpc) is 3.30. The first kappa shape index (κ1) is 19.8. The van der Waals surface area contributed by atoms with Crippen molar-refractivity contribution < 1.29 is 14.6 Å². The fourth-order valence-corrected chi connectivity index (χ4v) is 4.24. The van der Waals surface area contributed by atoms with Gasteiger partial charge >= 0.3 is 5.97 Å². The van der Waals surface area contributed by atoms with Gasteiger partial charge in [0, 0.05) is 23.9 Å². The Labute approximate surface area is 178 Å². The molecule has 0 atom stereocenters. The maximum atomic E-state index is 11.8. The van der Waals surface area contributed by atoms with Gasteiger partial charge in [0.05, 0.1) is 28.4 Å². The molecule has 3 aromatic rings. The molecule has 1 N–H and O–H groups in total. The van der Waals surface area contributed by atoms with Crippen molar-refractivity contribution in [1.82, 2.24) is 4.57 Å². The van der Waals surface area contributed by atoms with Crippen LogP contribution in [-0.2, 0) is 11.3 Å². The van der Waals surface area contributed by atoms with Crippen LogP contribution in [0.15, 0.2) is 58.5 Å². The van der Waals surface area contributed by atoms with Crippen LogP contribution in [0.1, 0.15) is 34.6 Å². The van der Waals surface area contributed by atoms with Crippen LogP contribution in [0, 0.1) is 0 Å². The number of rotatable bonds is 5. The molecule has 1 aromatic heterocycles. The van der Waals surface area contributed by atoms with E-state index in [0.717, 1.165) is 21.7 Å². The number of fused-ring (bicyclic) bond motifs is 1. The number of benzene rings is 2. The van der Waals surface area contributed by atoms with E-state index in [4.69, 9.17) is 4.74 Å². The third-order valence-electron chi connectivity index (χ3n) is 4.67. The Bertz CT molecular complexity index is 1220. The summed E-state index contributed by atoms with van der Waals surface area (Å²) < 4.78 is 6.77. The lowest BCUT2D eigenvalue weighted by molar-refractivity contribution is 0.0526. The molecule has 0 unspecified atom stereocenters. The van der Waals surface area contributed by atoms with Gasteiger partial charge in [-0.25, -0.2) is 9.79 Å². The highest BCUT2D eigenvalue weighted by molar-refractivity contribution is 7.10. The summed E-state index contributed by atoms with van der Waals surface area (Å²) in [5.41, 5.74) is 4.10. The summed E-state index contributed by atoms with van der Waals surface area (Å²) in [4.78, 5) is 22.3. The van der Waals surface area contributed by atoms with Gasteiger partial charge in [0.1, 0.15) is 0 Å². The van der Waals surface area contributed by atoms with Crippen LogP contribution in [0.3, 0.4) is 0 Å². The lowest BCUT2D eigenvalue weighted by Gasteiger charge is -2.02. The molecule has 2 heterocycles. The number of para-hydroxylation sites is 1. The molecule has 0 amide bonds. The molecule has 0 aliphatic carbocycles. The predicted molar refractivity (Wildman–Crippen MR) is 120 cm³/mol. The summed E-state index contributed by atoms with van der Waals surface area (Å²) in [6.45, 7) is 4.65. The SMILES string of the molecule is CCOC(=O)c1ccc(N=c2sc(/C=C3\C=Nc4ccccc43)c(O)n2CC)cc1. The number of allylic oxidation sites excluding steroid dienone is 1. The fourth-order valence-electron chi connectivity index (χ4n) is 3.18. The molecule has 0 spiro atoms. The summed E-state index contributed by atoms with van der Waals surface area (Å²) in [5.74, 6) is -0.177. The van der Waals surface area contributed by atoms with Gasteiger partial charge in [0.15, 0.2) is 4.80 Å². The molecule has 1 aliphatic heterocycles. The third kappa shape index (κ3) is 3.84. The molecule has 0 fully saturated rings. The molecule has 0 saturated heterocycles. The Morgan fingerprint density at radius 2 is 1.97 bits per heavy atom. The van der Waals surface area contributed by atoms with E-state index in [1.165, 1.54) is 11.3 Å². The van der Waals surface area contributed by atoms with Gasteiger partial charge in [0.25, 0.3) is 0 Å². The molecule has 7 heteroatoms. The standard InChI is InChI=1S/C23H21N3O3S/c1-3-26-21(27)20(13-16-14-24-19-8-6-5-7-18(16)19)30-23(26)25-17-11-9-15(10-12-17)22(28)29-4-2/h5-14,27H,3-4H2,1-2H3/b16-13+,25-23?. The van der Waals surface area contributed by atoms with Gasteiger partial charge in [-0.15, -0.1) is 0 Å². The number of carbonyl (C=O) groups is 1. The number of aliphatic imine (C=N–C) groups is 1. The minimum Gasteiger partial charge on any atom is -0.493 e. The van der Waals surface area contributed by atoms with Gasteiger partial charge in [-0.05, 0) is 50.3 Å². The Balaban J connectivity index is 1.70. The van der Waals surface area contributed by atoms with Gasteiger partial charge in [-0.3, -0.25) is 9.56 Å². The van der Waals surface area contributed by atoms with Gasteiger partial charge < -0.3 is 9.84 Å². The van der Waals surface area contributed by atoms with Gasteiger partial charge in [-0.1, -0.05) is 29.5 Å². The summed E-state index contributed by atoms with van der Waals surface area (Å²) in [7, 11) is 0. The number of hydrogen-bond donors (Lipinski definition) is 1. The summed E-state index contributed by atoms with van der Waals surface area (Å²) in [6, 6.07) is 14.8. The van der Waals surface area contributed by atoms with E-state index in [-0.39, 0.29) is 11.8 Å². The second-order valence-corrected chi connectivity index (χ2v) is 7.58. The first-order chi connectivity index (χ1) is 14.6. The summed E-state index contributed by atoms with van der Waals surface area (Å²) >= 11 is 1.40. The number of esters is 1. The minimum absolute atomic E-state index is 0.176. The first-order valence-electron chi connectivity index (χ1n) is 9.70. The van der Waals surface area contributed by atoms with Crippen LogP contribution in [-0.4, -0.2) is 28.5 Å². The van der Waals surface area contributed by atoms with Crippen molar-refractivity contribution >= 4 is 46.5 Å². The maximum Gasteiger partial charge on any atom is 0.338 e. The lowest BCUT2D eigenvalue weighted by Crippen LogP contribution is -2.12. The van der Waals surface area contributed by atoms with Gasteiger partial charge in [-0.2, -0.15) is 0 Å². The average molecular weight is 420 g/mol. The van der Waals surface area contributed by atoms with E-state index in [0.29, 0.717) is 29.2 Å². The fraction of sp³-hybridized carbons (Fsp3) is 0.174. The van der Waals surface area contributed by atoms with Crippen molar-refractivity contribution in [3.8, 4) is 5.88 Å². The van der Waals surface area contributed by atoms with Crippen molar-refractivity contribution in [3.05, 3.63) is 69.3 Å². The topological polar surface area (TPSA) is 76.2 Å². The number of hydrogen-bond acceptors (Lipinski definition) is 6. The summed E-state index contributed by atoms with van der Waals surface area (Å²) in [5, 5.41) is 10.7. The van der Waals surface area contributed by atoms with Crippen LogP contribution < -0.4 is 4.80 Å². The third-order valence-corrected chi connectivity index (χ3v) is 5.69. The molecule has 4 rings (SSSR count). The maximum absolute atomic E-state index is 11.8. The largest absolute Gasteiger partial charge is 0.493 e. The zero-order chi connectivity index (χ0) is 21.1. The molecule has 0 saturated carbocycles. The van der Waals surface area contributed by atoms with Crippen molar-refractivity contribution in [1.29, 1.82) is 0 Å². The Morgan fingerprint density at radius 3 is 2.70 bits per heavy atom. The van der Waals surface area contributed by atoms with E-state index < -0.39 is 0 Å². The number of nitrogens with zero attached hydrogens (tertiary/aromatic N) is 3. The molecule has 6 nitrogen and oxygen atoms in total. The highest BCUT2D eigenvalue weighted by Crippen LogP contribution is 2.34. The Hall–Kier alpha value is -3.45. The second kappa shape index (κ2) is 8.51. The second-order valence-electron chi connectivity index (χ2n) is 6.57. The van der Waals surface area contributed by atoms with Crippen molar-refractivity contribution in [2.24, 2.45) is 9.98 Å². The molecule has 30 heavy (non-hydrogen) atoms. The zero-order valence-corrected chi connectivity index (χ0v) is 17.5. The monoisotopic (exact) mass is 419 g/mol. The van der Waals surface area contributed by atoms with E-state index in [1.54, 1.807) is 35.8 Å². The smallest absolute Gasteiger partial charge is 0.338 e. The normalized spacial score (nSPS) is 14.3. The van der Waals surface area contributed by atoms with Crippen LogP contribution in [0.5, 0.6) is 5.88 Å². The number of aromatic hydroxyl groups is 1. The highest BCUT2D eigenvalue weighted by Gasteiger charge is 2.15. The molecule has 1 aliphatic rings. The quantitative estimate of drug-likeness (QED) is 0.595. The highest BCUT2D eigenvalue weighted by atomic mass is 32.1. The molecular formula is C23H21N3O3S. The van der Waals surface area contributed by atoms with Crippen LogP contribution in [0.4, 0.5) is 11.4 Å². The van der Waals surface area contributed by atoms with Crippen molar-refractivity contribution in [3.63, 3.8) is 0 Å². The van der Waals surface area contributed by atoms with Crippen molar-refractivity contribution in [2.45, 2.75) is 20.4 Å². The van der Waals surface area contributed by atoms with Crippen molar-refractivity contribution in [2.75, 3.05) is 6.61 Å². The number of aromatic nitrogens is 1. The van der Waals surface area contributed by atoms with Crippen LogP contribution in [0.25, 0.3) is 11.6 Å². The summed E-state index contributed by atoms with van der Waals surface area (Å²) in [6.07, 6.45) is 3.75. The minimum atomic E-state index is -0.353. The molecule has 152 valence electrons. The number of thiazole rings is 1. The van der Waals surface area contributed by atoms with Gasteiger partial charge in [0.2, 0.25) is 5.88 Å². The number of carbonyl (C=O) groups excluding carboxylic acids is 1. The van der Waals surface area contributed by atoms with Crippen LogP contribution >= 0.6 is 11.3 Å². The first-order valence-corrected chi connectivity index (χ1v) is 10.5. The van der Waals surface area contributed by atoms with E-state index in [1.807, 2.05) is 43.5 Å². The predicted octanol–water partition coefficient (Wildman–Crippen LogP) is 4.94. The number of ether oxygens (including phenoxy) is 1. The zero-order valence-electron chi connectivity index (χ0n) is 16.7. The van der Waals surface area contributed by atoms with E-state index >= 15 is 0 Å². The molecule has 2 aromatic carbocycles. The van der Waals surface area contributed by atoms with E-state index in [9.17, 15) is 9.90 Å². The Kier molecular flexibility index (Phi) is 5.63. The van der Waals surface area contributed by atoms with Crippen LogP contribution in [0.2, 0.25) is 0 Å². The lowest BCUT2D eigenvalue weighted by atomic mass is 10.1. The molecular weight excluding hydrogens is 398 g/mol. The van der Waals surface area contributed by atoms with E-state index in [2.05, 4.69) is 9.98 Å². The molecule has 0 bridgehead atoms. The Morgan fingerprint density at radius 1 is 1.20 bits per heavy atom.